The minimum Gasteiger partial charge on any atom is -0.327 e. The van der Waals surface area contributed by atoms with Gasteiger partial charge in [0.2, 0.25) is 0 Å². The minimum absolute atomic E-state index is 0.220. The smallest absolute Gasteiger partial charge is 0.327 e. The van der Waals surface area contributed by atoms with Gasteiger partial charge in [-0.05, 0) is 33.1 Å². The number of carbonyl (C=O) groups excluding carboxylic acids is 1. The molecule has 0 aliphatic carbocycles. The highest BCUT2D eigenvalue weighted by atomic mass is 16.5. The molecule has 1 aromatic heterocycles. The molecule has 5 heteroatoms. The third-order valence-electron chi connectivity index (χ3n) is 3.13. The van der Waals surface area contributed by atoms with E-state index in [1.807, 2.05) is 0 Å². The number of rotatable bonds is 0. The maximum atomic E-state index is 12.0. The van der Waals surface area contributed by atoms with Gasteiger partial charge in [0.1, 0.15) is 0 Å². The van der Waals surface area contributed by atoms with Crippen molar-refractivity contribution in [2.24, 2.45) is 0 Å². The fourth-order valence-electron chi connectivity index (χ4n) is 1.92. The normalized spacial score (nSPS) is 16.5. The van der Waals surface area contributed by atoms with Crippen molar-refractivity contribution in [2.75, 3.05) is 13.1 Å². The van der Waals surface area contributed by atoms with Crippen LogP contribution in [0.3, 0.4) is 0 Å². The van der Waals surface area contributed by atoms with Crippen LogP contribution in [0.5, 0.6) is 0 Å². The van der Waals surface area contributed by atoms with Crippen LogP contribution in [0.25, 0.3) is 0 Å². The van der Waals surface area contributed by atoms with E-state index in [9.17, 15) is 9.59 Å². The molecule has 0 aromatic carbocycles. The molecule has 1 saturated heterocycles. The first-order valence-corrected chi connectivity index (χ1v) is 5.60. The summed E-state index contributed by atoms with van der Waals surface area (Å²) in [4.78, 5) is 25.1. The van der Waals surface area contributed by atoms with Gasteiger partial charge in [0.25, 0.3) is 0 Å². The molecular formula is C11H16N2O3. The molecule has 16 heavy (non-hydrogen) atoms. The van der Waals surface area contributed by atoms with Crippen LogP contribution >= 0.6 is 0 Å². The summed E-state index contributed by atoms with van der Waals surface area (Å²) in [5.41, 5.74) is 0.675. The van der Waals surface area contributed by atoms with Crippen LogP contribution in [0.1, 0.15) is 30.5 Å². The number of hydrogen-bond acceptors (Lipinski definition) is 3. The zero-order valence-corrected chi connectivity index (χ0v) is 9.65. The number of hydrogen-bond donors (Lipinski definition) is 0. The van der Waals surface area contributed by atoms with Crippen LogP contribution in [0, 0.1) is 13.8 Å². The summed E-state index contributed by atoms with van der Waals surface area (Å²) in [5.74, 6) is 0. The van der Waals surface area contributed by atoms with Crippen LogP contribution in [0.4, 0.5) is 4.79 Å². The Bertz CT molecular complexity index is 452. The number of piperidine rings is 1. The number of amides is 1. The topological polar surface area (TPSA) is 55.5 Å². The summed E-state index contributed by atoms with van der Waals surface area (Å²) in [6, 6.07) is -0.220. The molecule has 0 radical (unpaired) electrons. The van der Waals surface area contributed by atoms with E-state index >= 15 is 0 Å². The molecule has 5 nitrogen and oxygen atoms in total. The van der Waals surface area contributed by atoms with Gasteiger partial charge in [-0.3, -0.25) is 0 Å². The summed E-state index contributed by atoms with van der Waals surface area (Å²) in [6.45, 7) is 4.89. The van der Waals surface area contributed by atoms with E-state index in [2.05, 4.69) is 0 Å². The van der Waals surface area contributed by atoms with E-state index in [0.717, 1.165) is 37.1 Å². The van der Waals surface area contributed by atoms with E-state index in [0.29, 0.717) is 11.3 Å². The average molecular weight is 224 g/mol. The van der Waals surface area contributed by atoms with Gasteiger partial charge >= 0.3 is 11.7 Å². The third-order valence-corrected chi connectivity index (χ3v) is 3.13. The Hall–Kier alpha value is -1.52. The zero-order chi connectivity index (χ0) is 11.7. The highest BCUT2D eigenvalue weighted by molar-refractivity contribution is 5.76. The predicted molar refractivity (Wildman–Crippen MR) is 58.7 cm³/mol. The van der Waals surface area contributed by atoms with Crippen molar-refractivity contribution in [1.82, 2.24) is 9.64 Å². The molecule has 1 fully saturated rings. The van der Waals surface area contributed by atoms with Gasteiger partial charge in [0, 0.05) is 13.1 Å². The van der Waals surface area contributed by atoms with Gasteiger partial charge in [0.05, 0.1) is 11.3 Å². The molecule has 88 valence electrons. The van der Waals surface area contributed by atoms with Crippen molar-refractivity contribution in [1.29, 1.82) is 0 Å². The summed E-state index contributed by atoms with van der Waals surface area (Å²) in [7, 11) is 0. The quantitative estimate of drug-likeness (QED) is 0.671. The molecule has 0 bridgehead atoms. The molecule has 1 aromatic rings. The maximum absolute atomic E-state index is 12.0. The standard InChI is InChI=1S/C11H16N2O3/c1-8-9(2)13(16-10(8)14)11(15)12-6-4-3-5-7-12/h3-7H2,1-2H3. The fraction of sp³-hybridized carbons (Fsp3) is 0.636. The molecule has 0 unspecified atom stereocenters. The van der Waals surface area contributed by atoms with E-state index < -0.39 is 5.63 Å². The second kappa shape index (κ2) is 4.15. The lowest BCUT2D eigenvalue weighted by atomic mass is 10.1. The molecule has 0 N–H and O–H groups in total. The largest absolute Gasteiger partial charge is 0.361 e. The molecule has 1 amide bonds. The van der Waals surface area contributed by atoms with Gasteiger partial charge in [-0.2, -0.15) is 0 Å². The first-order valence-electron chi connectivity index (χ1n) is 5.60. The van der Waals surface area contributed by atoms with Crippen LogP contribution < -0.4 is 5.63 Å². The summed E-state index contributed by atoms with van der Waals surface area (Å²) < 4.78 is 6.04. The molecule has 2 heterocycles. The van der Waals surface area contributed by atoms with E-state index in [-0.39, 0.29) is 6.03 Å². The average Bonchev–Trinajstić information content (AvgIpc) is 2.57. The van der Waals surface area contributed by atoms with Crippen molar-refractivity contribution in [3.8, 4) is 0 Å². The van der Waals surface area contributed by atoms with Crippen molar-refractivity contribution in [3.63, 3.8) is 0 Å². The molecule has 1 aliphatic heterocycles. The van der Waals surface area contributed by atoms with Gasteiger partial charge < -0.3 is 9.42 Å². The summed E-state index contributed by atoms with van der Waals surface area (Å²) in [5, 5.41) is 0. The monoisotopic (exact) mass is 224 g/mol. The predicted octanol–water partition coefficient (Wildman–Crippen LogP) is 1.51. The van der Waals surface area contributed by atoms with E-state index in [1.165, 1.54) is 0 Å². The zero-order valence-electron chi connectivity index (χ0n) is 9.65. The van der Waals surface area contributed by atoms with E-state index in [1.54, 1.807) is 18.7 Å². The Morgan fingerprint density at radius 2 is 1.81 bits per heavy atom. The number of carbonyl (C=O) groups is 1. The van der Waals surface area contributed by atoms with Crippen molar-refractivity contribution in [2.45, 2.75) is 33.1 Å². The molecular weight excluding hydrogens is 208 g/mol. The number of likely N-dealkylation sites (tertiary alicyclic amines) is 1. The third kappa shape index (κ3) is 1.77. The second-order valence-corrected chi connectivity index (χ2v) is 4.21. The Morgan fingerprint density at radius 1 is 1.19 bits per heavy atom. The van der Waals surface area contributed by atoms with E-state index in [4.69, 9.17) is 4.52 Å². The molecule has 0 atom stereocenters. The van der Waals surface area contributed by atoms with Crippen molar-refractivity contribution >= 4 is 6.03 Å². The number of aromatic nitrogens is 1. The highest BCUT2D eigenvalue weighted by Crippen LogP contribution is 2.12. The van der Waals surface area contributed by atoms with Gasteiger partial charge in [-0.25, -0.2) is 9.59 Å². The molecule has 1 aliphatic rings. The molecule has 2 rings (SSSR count). The van der Waals surface area contributed by atoms with Gasteiger partial charge in [0.15, 0.2) is 0 Å². The Balaban J connectivity index is 2.26. The van der Waals surface area contributed by atoms with Crippen LogP contribution in [0.15, 0.2) is 9.32 Å². The molecule has 0 spiro atoms. The second-order valence-electron chi connectivity index (χ2n) is 4.21. The van der Waals surface area contributed by atoms with Crippen LogP contribution in [-0.2, 0) is 0 Å². The Morgan fingerprint density at radius 3 is 2.31 bits per heavy atom. The molecule has 0 saturated carbocycles. The SMILES string of the molecule is Cc1c(C)n(C(=O)N2CCCCC2)oc1=O. The lowest BCUT2D eigenvalue weighted by molar-refractivity contribution is 0.155. The van der Waals surface area contributed by atoms with Crippen molar-refractivity contribution in [3.05, 3.63) is 21.7 Å². The summed E-state index contributed by atoms with van der Waals surface area (Å²) >= 11 is 0. The summed E-state index contributed by atoms with van der Waals surface area (Å²) in [6.07, 6.45) is 3.21. The lowest BCUT2D eigenvalue weighted by Gasteiger charge is -2.26. The lowest BCUT2D eigenvalue weighted by Crippen LogP contribution is -2.38. The van der Waals surface area contributed by atoms with Crippen molar-refractivity contribution < 1.29 is 9.32 Å². The Labute approximate surface area is 93.6 Å². The highest BCUT2D eigenvalue weighted by Gasteiger charge is 2.22. The fourth-order valence-corrected chi connectivity index (χ4v) is 1.92. The number of nitrogens with zero attached hydrogens (tertiary/aromatic N) is 2. The maximum Gasteiger partial charge on any atom is 0.361 e. The van der Waals surface area contributed by atoms with Crippen LogP contribution in [0.2, 0.25) is 0 Å². The van der Waals surface area contributed by atoms with Gasteiger partial charge in [-0.15, -0.1) is 4.74 Å². The Kier molecular flexibility index (Phi) is 2.85. The first kappa shape index (κ1) is 11.0. The first-order chi connectivity index (χ1) is 7.61. The van der Waals surface area contributed by atoms with Crippen LogP contribution in [-0.4, -0.2) is 28.8 Å². The minimum atomic E-state index is -0.428. The van der Waals surface area contributed by atoms with Gasteiger partial charge in [-0.1, -0.05) is 0 Å².